The molecule has 0 unspecified atom stereocenters. The number of phenolic OH excluding ortho intramolecular Hbond substituents is 1. The number of nitrogens with zero attached hydrogens (tertiary/aromatic N) is 4. The number of aryl methyl sites for hydroxylation is 2. The molecule has 25 heavy (non-hydrogen) atoms. The highest BCUT2D eigenvalue weighted by atomic mass is 16.3. The van der Waals surface area contributed by atoms with Gasteiger partial charge in [0.05, 0.1) is 17.3 Å². The highest BCUT2D eigenvalue weighted by Gasteiger charge is 2.44. The lowest BCUT2D eigenvalue weighted by Crippen LogP contribution is -2.49. The number of rotatable bonds is 4. The summed E-state index contributed by atoms with van der Waals surface area (Å²) >= 11 is 0. The van der Waals surface area contributed by atoms with Crippen molar-refractivity contribution >= 4 is 0 Å². The normalized spacial score (nSPS) is 27.6. The van der Waals surface area contributed by atoms with Crippen molar-refractivity contribution in [1.29, 1.82) is 0 Å². The van der Waals surface area contributed by atoms with Gasteiger partial charge in [0, 0.05) is 25.7 Å². The van der Waals surface area contributed by atoms with Gasteiger partial charge in [-0.25, -0.2) is 0 Å². The van der Waals surface area contributed by atoms with E-state index in [-0.39, 0.29) is 17.8 Å². The maximum absolute atomic E-state index is 11.5. The van der Waals surface area contributed by atoms with Gasteiger partial charge in [-0.05, 0) is 50.4 Å². The van der Waals surface area contributed by atoms with E-state index in [2.05, 4.69) is 29.1 Å². The molecule has 3 rings (SSSR count). The summed E-state index contributed by atoms with van der Waals surface area (Å²) in [5, 5.41) is 29.9. The van der Waals surface area contributed by atoms with Crippen molar-refractivity contribution in [1.82, 2.24) is 19.9 Å². The Morgan fingerprint density at radius 3 is 2.68 bits per heavy atom. The van der Waals surface area contributed by atoms with Crippen LogP contribution >= 0.6 is 0 Å². The summed E-state index contributed by atoms with van der Waals surface area (Å²) in [6.07, 6.45) is 4.15. The van der Waals surface area contributed by atoms with Gasteiger partial charge in [0.15, 0.2) is 0 Å². The first-order valence-corrected chi connectivity index (χ1v) is 8.98. The highest BCUT2D eigenvalue weighted by molar-refractivity contribution is 5.38. The molecule has 2 N–H and O–H groups in total. The Hall–Kier alpha value is -1.92. The molecule has 0 aliphatic carbocycles. The number of hydrogen-bond acceptors (Lipinski definition) is 5. The number of aromatic hydroxyl groups is 1. The molecule has 1 saturated heterocycles. The van der Waals surface area contributed by atoms with Crippen LogP contribution < -0.4 is 0 Å². The fourth-order valence-corrected chi connectivity index (χ4v) is 3.99. The van der Waals surface area contributed by atoms with E-state index in [4.69, 9.17) is 0 Å². The zero-order valence-electron chi connectivity index (χ0n) is 15.5. The maximum atomic E-state index is 11.5. The molecule has 6 heteroatoms. The number of piperidine rings is 1. The standard InChI is InChI=1S/C19H28N4O2/c1-5-8-23-14(3)10-19(25,15-7-6-13(2)18(24)9-15)11-17(23)16-12-22(4)21-20-16/h6-7,9,12,14,17,24-25H,5,8,10-11H2,1-4H3/t14-,17-,19-/m0/s1. The first-order valence-electron chi connectivity index (χ1n) is 8.98. The van der Waals surface area contributed by atoms with E-state index in [9.17, 15) is 10.2 Å². The lowest BCUT2D eigenvalue weighted by molar-refractivity contribution is -0.0779. The first kappa shape index (κ1) is 17.9. The minimum absolute atomic E-state index is 0.00541. The lowest BCUT2D eigenvalue weighted by atomic mass is 9.76. The minimum Gasteiger partial charge on any atom is -0.508 e. The molecular weight excluding hydrogens is 316 g/mol. The second-order valence-electron chi connectivity index (χ2n) is 7.36. The van der Waals surface area contributed by atoms with Crippen molar-refractivity contribution in [3.05, 3.63) is 41.2 Å². The average molecular weight is 344 g/mol. The summed E-state index contributed by atoms with van der Waals surface area (Å²) in [5.74, 6) is 0.227. The van der Waals surface area contributed by atoms with Crippen LogP contribution in [0, 0.1) is 6.92 Å². The van der Waals surface area contributed by atoms with Crippen LogP contribution in [0.2, 0.25) is 0 Å². The van der Waals surface area contributed by atoms with Crippen LogP contribution in [0.4, 0.5) is 0 Å². The molecule has 3 atom stereocenters. The Bertz CT molecular complexity index is 745. The molecule has 1 aliphatic heterocycles. The van der Waals surface area contributed by atoms with E-state index in [1.54, 1.807) is 10.7 Å². The molecule has 6 nitrogen and oxygen atoms in total. The number of phenols is 1. The topological polar surface area (TPSA) is 74.4 Å². The molecular formula is C19H28N4O2. The van der Waals surface area contributed by atoms with Crippen molar-refractivity contribution in [2.24, 2.45) is 7.05 Å². The predicted octanol–water partition coefficient (Wildman–Crippen LogP) is 2.65. The quantitative estimate of drug-likeness (QED) is 0.892. The Balaban J connectivity index is 1.98. The van der Waals surface area contributed by atoms with Gasteiger partial charge in [-0.3, -0.25) is 9.58 Å². The molecule has 0 amide bonds. The van der Waals surface area contributed by atoms with E-state index in [1.165, 1.54) is 0 Å². The van der Waals surface area contributed by atoms with Crippen molar-refractivity contribution < 1.29 is 10.2 Å². The van der Waals surface area contributed by atoms with E-state index in [0.717, 1.165) is 29.8 Å². The highest BCUT2D eigenvalue weighted by Crippen LogP contribution is 2.45. The summed E-state index contributed by atoms with van der Waals surface area (Å²) < 4.78 is 1.70. The van der Waals surface area contributed by atoms with Crippen LogP contribution in [0.15, 0.2) is 24.4 Å². The van der Waals surface area contributed by atoms with Crippen LogP contribution in [0.25, 0.3) is 0 Å². The number of benzene rings is 1. The van der Waals surface area contributed by atoms with Crippen LogP contribution in [-0.2, 0) is 12.6 Å². The zero-order chi connectivity index (χ0) is 18.2. The van der Waals surface area contributed by atoms with Crippen molar-refractivity contribution in [2.75, 3.05) is 6.54 Å². The van der Waals surface area contributed by atoms with Crippen molar-refractivity contribution in [2.45, 2.75) is 57.7 Å². The number of hydrogen-bond donors (Lipinski definition) is 2. The minimum atomic E-state index is -0.989. The lowest BCUT2D eigenvalue weighted by Gasteiger charge is -2.47. The van der Waals surface area contributed by atoms with Gasteiger partial charge in [0.2, 0.25) is 0 Å². The maximum Gasteiger partial charge on any atom is 0.118 e. The van der Waals surface area contributed by atoms with Crippen molar-refractivity contribution in [3.8, 4) is 5.75 Å². The fourth-order valence-electron chi connectivity index (χ4n) is 3.99. The summed E-state index contributed by atoms with van der Waals surface area (Å²) in [4.78, 5) is 2.41. The summed E-state index contributed by atoms with van der Waals surface area (Å²) in [5.41, 5.74) is 1.48. The van der Waals surface area contributed by atoms with Crippen LogP contribution in [0.5, 0.6) is 5.75 Å². The molecule has 1 aromatic carbocycles. The largest absolute Gasteiger partial charge is 0.508 e. The fraction of sp³-hybridized carbons (Fsp3) is 0.579. The van der Waals surface area contributed by atoms with Gasteiger partial charge in [0.25, 0.3) is 0 Å². The number of likely N-dealkylation sites (tertiary alicyclic amines) is 1. The first-order chi connectivity index (χ1) is 11.8. The van der Waals surface area contributed by atoms with Gasteiger partial charge in [-0.1, -0.05) is 24.3 Å². The Morgan fingerprint density at radius 2 is 2.08 bits per heavy atom. The van der Waals surface area contributed by atoms with E-state index in [0.29, 0.717) is 12.8 Å². The molecule has 0 saturated carbocycles. The van der Waals surface area contributed by atoms with Gasteiger partial charge in [-0.2, -0.15) is 0 Å². The Morgan fingerprint density at radius 1 is 1.32 bits per heavy atom. The van der Waals surface area contributed by atoms with Crippen LogP contribution in [0.3, 0.4) is 0 Å². The molecule has 0 bridgehead atoms. The smallest absolute Gasteiger partial charge is 0.118 e. The second kappa shape index (κ2) is 6.77. The van der Waals surface area contributed by atoms with Gasteiger partial charge >= 0.3 is 0 Å². The van der Waals surface area contributed by atoms with Gasteiger partial charge in [-0.15, -0.1) is 5.10 Å². The van der Waals surface area contributed by atoms with Crippen molar-refractivity contribution in [3.63, 3.8) is 0 Å². The van der Waals surface area contributed by atoms with Gasteiger partial charge < -0.3 is 10.2 Å². The Labute approximate surface area is 149 Å². The SMILES string of the molecule is CCCN1[C@@H](C)C[C@@](O)(c2ccc(C)c(O)c2)C[C@H]1c1cn(C)nn1. The molecule has 2 aromatic rings. The predicted molar refractivity (Wildman–Crippen MR) is 96.2 cm³/mol. The second-order valence-corrected chi connectivity index (χ2v) is 7.36. The molecule has 0 radical (unpaired) electrons. The molecule has 1 aliphatic rings. The monoisotopic (exact) mass is 344 g/mol. The van der Waals surface area contributed by atoms with Crippen LogP contribution in [0.1, 0.15) is 56.0 Å². The third kappa shape index (κ3) is 3.41. The molecule has 1 fully saturated rings. The zero-order valence-corrected chi connectivity index (χ0v) is 15.5. The van der Waals surface area contributed by atoms with Crippen LogP contribution in [-0.4, -0.2) is 42.7 Å². The summed E-state index contributed by atoms with van der Waals surface area (Å²) in [6, 6.07) is 5.69. The third-order valence-corrected chi connectivity index (χ3v) is 5.32. The summed E-state index contributed by atoms with van der Waals surface area (Å²) in [7, 11) is 1.86. The third-order valence-electron chi connectivity index (χ3n) is 5.32. The molecule has 136 valence electrons. The molecule has 2 heterocycles. The average Bonchev–Trinajstić information content (AvgIpc) is 2.99. The van der Waals surface area contributed by atoms with E-state index < -0.39 is 5.60 Å². The molecule has 1 aromatic heterocycles. The Kier molecular flexibility index (Phi) is 4.84. The van der Waals surface area contributed by atoms with Gasteiger partial charge in [0.1, 0.15) is 5.75 Å². The number of aliphatic hydroxyl groups is 1. The number of aromatic nitrogens is 3. The van der Waals surface area contributed by atoms with E-state index >= 15 is 0 Å². The molecule has 0 spiro atoms. The summed E-state index contributed by atoms with van der Waals surface area (Å²) in [6.45, 7) is 7.13. The van der Waals surface area contributed by atoms with E-state index in [1.807, 2.05) is 32.3 Å².